The summed E-state index contributed by atoms with van der Waals surface area (Å²) < 4.78 is 12.7. The van der Waals surface area contributed by atoms with Crippen molar-refractivity contribution >= 4 is 0 Å². The number of benzene rings is 1. The van der Waals surface area contributed by atoms with Crippen LogP contribution in [-0.2, 0) is 6.54 Å². The van der Waals surface area contributed by atoms with Crippen LogP contribution in [0.15, 0.2) is 30.7 Å². The lowest BCUT2D eigenvalue weighted by Gasteiger charge is -2.08. The number of methoxy groups -OCH3 is 2. The minimum Gasteiger partial charge on any atom is -0.493 e. The van der Waals surface area contributed by atoms with Crippen molar-refractivity contribution in [3.05, 3.63) is 30.7 Å². The van der Waals surface area contributed by atoms with Crippen LogP contribution in [0.2, 0.25) is 0 Å². The Labute approximate surface area is 114 Å². The van der Waals surface area contributed by atoms with E-state index in [-0.39, 0.29) is 0 Å². The average Bonchev–Trinajstić information content (AvgIpc) is 2.93. The van der Waals surface area contributed by atoms with E-state index in [1.807, 2.05) is 24.5 Å². The van der Waals surface area contributed by atoms with Gasteiger partial charge in [0.05, 0.1) is 26.2 Å². The van der Waals surface area contributed by atoms with Crippen LogP contribution in [0.4, 0.5) is 0 Å². The zero-order chi connectivity index (χ0) is 13.7. The lowest BCUT2D eigenvalue weighted by molar-refractivity contribution is 0.355. The van der Waals surface area contributed by atoms with E-state index in [4.69, 9.17) is 9.47 Å². The van der Waals surface area contributed by atoms with Crippen molar-refractivity contribution in [3.8, 4) is 22.8 Å². The van der Waals surface area contributed by atoms with Gasteiger partial charge in [-0.2, -0.15) is 0 Å². The quantitative estimate of drug-likeness (QED) is 0.799. The fourth-order valence-corrected chi connectivity index (χ4v) is 1.97. The number of hydrogen-bond donors (Lipinski definition) is 0. The highest BCUT2D eigenvalue weighted by Gasteiger charge is 2.08. The SMILES string of the molecule is CCCCn1cnc(-c2ccc(OC)c(OC)c2)c1. The van der Waals surface area contributed by atoms with Crippen molar-refractivity contribution in [2.45, 2.75) is 26.3 Å². The van der Waals surface area contributed by atoms with Crippen LogP contribution in [0, 0.1) is 0 Å². The molecule has 0 atom stereocenters. The standard InChI is InChI=1S/C15H20N2O2/c1-4-5-8-17-10-13(16-11-17)12-6-7-14(18-2)15(9-12)19-3/h6-7,9-11H,4-5,8H2,1-3H3. The molecule has 0 fully saturated rings. The molecule has 0 aliphatic heterocycles. The smallest absolute Gasteiger partial charge is 0.161 e. The van der Waals surface area contributed by atoms with Crippen molar-refractivity contribution in [1.82, 2.24) is 9.55 Å². The normalized spacial score (nSPS) is 10.5. The first-order valence-electron chi connectivity index (χ1n) is 6.52. The lowest BCUT2D eigenvalue weighted by atomic mass is 10.1. The van der Waals surface area contributed by atoms with E-state index in [1.54, 1.807) is 14.2 Å². The third-order valence-corrected chi connectivity index (χ3v) is 3.08. The number of hydrogen-bond acceptors (Lipinski definition) is 3. The Bertz CT molecular complexity index is 535. The van der Waals surface area contributed by atoms with Gasteiger partial charge >= 0.3 is 0 Å². The summed E-state index contributed by atoms with van der Waals surface area (Å²) in [5.74, 6) is 1.46. The second kappa shape index (κ2) is 6.27. The van der Waals surface area contributed by atoms with Crippen LogP contribution >= 0.6 is 0 Å². The first-order valence-corrected chi connectivity index (χ1v) is 6.52. The molecule has 0 bridgehead atoms. The molecule has 1 heterocycles. The highest BCUT2D eigenvalue weighted by Crippen LogP contribution is 2.31. The number of unbranched alkanes of at least 4 members (excludes halogenated alkanes) is 1. The third kappa shape index (κ3) is 3.08. The number of aromatic nitrogens is 2. The third-order valence-electron chi connectivity index (χ3n) is 3.08. The summed E-state index contributed by atoms with van der Waals surface area (Å²) in [6, 6.07) is 5.85. The molecule has 0 aliphatic carbocycles. The highest BCUT2D eigenvalue weighted by molar-refractivity contribution is 5.63. The van der Waals surface area contributed by atoms with Gasteiger partial charge in [0.1, 0.15) is 0 Å². The van der Waals surface area contributed by atoms with Gasteiger partial charge in [-0.25, -0.2) is 4.98 Å². The first-order chi connectivity index (χ1) is 9.28. The molecule has 0 spiro atoms. The fraction of sp³-hybridized carbons (Fsp3) is 0.400. The molecular weight excluding hydrogens is 240 g/mol. The second-order valence-corrected chi connectivity index (χ2v) is 4.42. The van der Waals surface area contributed by atoms with Gasteiger partial charge in [-0.1, -0.05) is 13.3 Å². The molecule has 0 amide bonds. The maximum absolute atomic E-state index is 5.31. The largest absolute Gasteiger partial charge is 0.493 e. The molecule has 4 heteroatoms. The van der Waals surface area contributed by atoms with E-state index in [1.165, 1.54) is 12.8 Å². The molecule has 1 aromatic heterocycles. The molecule has 1 aromatic carbocycles. The Balaban J connectivity index is 2.23. The molecule has 19 heavy (non-hydrogen) atoms. The molecule has 0 N–H and O–H groups in total. The summed E-state index contributed by atoms with van der Waals surface area (Å²) >= 11 is 0. The number of nitrogens with zero attached hydrogens (tertiary/aromatic N) is 2. The first kappa shape index (κ1) is 13.5. The van der Waals surface area contributed by atoms with E-state index >= 15 is 0 Å². The Morgan fingerprint density at radius 3 is 2.63 bits per heavy atom. The fourth-order valence-electron chi connectivity index (χ4n) is 1.97. The van der Waals surface area contributed by atoms with Crippen LogP contribution in [0.3, 0.4) is 0 Å². The van der Waals surface area contributed by atoms with Gasteiger partial charge in [-0.3, -0.25) is 0 Å². The summed E-state index contributed by atoms with van der Waals surface area (Å²) in [5, 5.41) is 0. The zero-order valence-corrected chi connectivity index (χ0v) is 11.7. The summed E-state index contributed by atoms with van der Waals surface area (Å²) in [6.45, 7) is 3.20. The van der Waals surface area contributed by atoms with Gasteiger partial charge in [-0.15, -0.1) is 0 Å². The van der Waals surface area contributed by atoms with Crippen molar-refractivity contribution in [2.75, 3.05) is 14.2 Å². The molecule has 0 unspecified atom stereocenters. The predicted molar refractivity (Wildman–Crippen MR) is 75.7 cm³/mol. The highest BCUT2D eigenvalue weighted by atomic mass is 16.5. The van der Waals surface area contributed by atoms with E-state index in [0.29, 0.717) is 0 Å². The van der Waals surface area contributed by atoms with Crippen LogP contribution in [0.25, 0.3) is 11.3 Å². The minimum absolute atomic E-state index is 0.725. The molecule has 0 saturated carbocycles. The zero-order valence-electron chi connectivity index (χ0n) is 11.7. The summed E-state index contributed by atoms with van der Waals surface area (Å²) in [5.41, 5.74) is 1.99. The Morgan fingerprint density at radius 2 is 1.95 bits per heavy atom. The van der Waals surface area contributed by atoms with Crippen LogP contribution < -0.4 is 9.47 Å². The molecule has 4 nitrogen and oxygen atoms in total. The van der Waals surface area contributed by atoms with Gasteiger partial charge in [0.15, 0.2) is 11.5 Å². The molecule has 0 saturated heterocycles. The predicted octanol–water partition coefficient (Wildman–Crippen LogP) is 3.37. The van der Waals surface area contributed by atoms with Gasteiger partial charge < -0.3 is 14.0 Å². The van der Waals surface area contributed by atoms with Gasteiger partial charge in [0, 0.05) is 18.3 Å². The molecule has 2 aromatic rings. The Kier molecular flexibility index (Phi) is 4.44. The van der Waals surface area contributed by atoms with Gasteiger partial charge in [0.2, 0.25) is 0 Å². The van der Waals surface area contributed by atoms with Crippen molar-refractivity contribution in [3.63, 3.8) is 0 Å². The van der Waals surface area contributed by atoms with Crippen LogP contribution in [0.1, 0.15) is 19.8 Å². The van der Waals surface area contributed by atoms with Gasteiger partial charge in [-0.05, 0) is 24.6 Å². The minimum atomic E-state index is 0.725. The average molecular weight is 260 g/mol. The summed E-state index contributed by atoms with van der Waals surface area (Å²) in [6.07, 6.45) is 6.30. The molecule has 0 aliphatic rings. The second-order valence-electron chi connectivity index (χ2n) is 4.42. The van der Waals surface area contributed by atoms with E-state index in [0.717, 1.165) is 29.3 Å². The topological polar surface area (TPSA) is 36.3 Å². The van der Waals surface area contributed by atoms with E-state index in [2.05, 4.69) is 22.7 Å². The van der Waals surface area contributed by atoms with Crippen molar-refractivity contribution < 1.29 is 9.47 Å². The van der Waals surface area contributed by atoms with Gasteiger partial charge in [0.25, 0.3) is 0 Å². The summed E-state index contributed by atoms with van der Waals surface area (Å²) in [7, 11) is 3.28. The lowest BCUT2D eigenvalue weighted by Crippen LogP contribution is -1.93. The molecule has 0 radical (unpaired) electrons. The molecule has 102 valence electrons. The molecule has 2 rings (SSSR count). The Morgan fingerprint density at radius 1 is 1.16 bits per heavy atom. The van der Waals surface area contributed by atoms with Crippen molar-refractivity contribution in [2.24, 2.45) is 0 Å². The Hall–Kier alpha value is -1.97. The van der Waals surface area contributed by atoms with E-state index in [9.17, 15) is 0 Å². The molecular formula is C15H20N2O2. The van der Waals surface area contributed by atoms with Crippen LogP contribution in [-0.4, -0.2) is 23.8 Å². The number of rotatable bonds is 6. The monoisotopic (exact) mass is 260 g/mol. The number of ether oxygens (including phenoxy) is 2. The van der Waals surface area contributed by atoms with E-state index < -0.39 is 0 Å². The number of aryl methyl sites for hydroxylation is 1. The van der Waals surface area contributed by atoms with Crippen molar-refractivity contribution in [1.29, 1.82) is 0 Å². The van der Waals surface area contributed by atoms with Crippen LogP contribution in [0.5, 0.6) is 11.5 Å². The maximum atomic E-state index is 5.31. The number of imidazole rings is 1. The maximum Gasteiger partial charge on any atom is 0.161 e. The summed E-state index contributed by atoms with van der Waals surface area (Å²) in [4.78, 5) is 4.44.